The standard InChI is InChI=1S/C23H26N4O4/c28-23(24-8-9-26-10-12-31-13-11-26)15-20(17-4-3-5-18(14-17)27(29)30)21-16-25-22-7-2-1-6-19(21)22/h1-7,14,16,20,25H,8-13,15H2,(H,24,28)/t20-/m0/s1. The Balaban J connectivity index is 1.53. The fourth-order valence-corrected chi connectivity index (χ4v) is 4.08. The molecule has 31 heavy (non-hydrogen) atoms. The number of nitrogens with one attached hydrogen (secondary N) is 2. The fourth-order valence-electron chi connectivity index (χ4n) is 4.08. The molecule has 1 amide bonds. The summed E-state index contributed by atoms with van der Waals surface area (Å²) in [6.45, 7) is 4.55. The third kappa shape index (κ3) is 5.10. The molecule has 2 N–H and O–H groups in total. The van der Waals surface area contributed by atoms with E-state index in [-0.39, 0.29) is 23.9 Å². The first-order valence-corrected chi connectivity index (χ1v) is 10.5. The second kappa shape index (κ2) is 9.72. The molecule has 1 saturated heterocycles. The van der Waals surface area contributed by atoms with Crippen LogP contribution >= 0.6 is 0 Å². The lowest BCUT2D eigenvalue weighted by molar-refractivity contribution is -0.384. The monoisotopic (exact) mass is 422 g/mol. The average molecular weight is 422 g/mol. The van der Waals surface area contributed by atoms with Crippen LogP contribution in [-0.4, -0.2) is 60.1 Å². The molecule has 1 aliphatic heterocycles. The number of hydrogen-bond donors (Lipinski definition) is 2. The number of para-hydroxylation sites is 1. The maximum Gasteiger partial charge on any atom is 0.269 e. The van der Waals surface area contributed by atoms with E-state index in [2.05, 4.69) is 15.2 Å². The smallest absolute Gasteiger partial charge is 0.269 e. The minimum absolute atomic E-state index is 0.0232. The first kappa shape index (κ1) is 21.0. The number of ether oxygens (including phenoxy) is 1. The summed E-state index contributed by atoms with van der Waals surface area (Å²) in [6, 6.07) is 14.4. The SMILES string of the molecule is O=C(C[C@@H](c1cccc([N+](=O)[O-])c1)c1c[nH]c2ccccc12)NCCN1CCOCC1. The highest BCUT2D eigenvalue weighted by molar-refractivity contribution is 5.86. The van der Waals surface area contributed by atoms with Gasteiger partial charge in [0, 0.05) is 67.8 Å². The number of rotatable bonds is 8. The van der Waals surface area contributed by atoms with E-state index in [1.165, 1.54) is 6.07 Å². The van der Waals surface area contributed by atoms with E-state index in [0.29, 0.717) is 6.54 Å². The molecule has 8 heteroatoms. The number of fused-ring (bicyclic) bond motifs is 1. The minimum Gasteiger partial charge on any atom is -0.379 e. The van der Waals surface area contributed by atoms with Crippen LogP contribution in [0.25, 0.3) is 10.9 Å². The summed E-state index contributed by atoms with van der Waals surface area (Å²) in [4.78, 5) is 29.2. The van der Waals surface area contributed by atoms with Gasteiger partial charge in [-0.25, -0.2) is 0 Å². The zero-order valence-corrected chi connectivity index (χ0v) is 17.3. The van der Waals surface area contributed by atoms with Gasteiger partial charge in [-0.15, -0.1) is 0 Å². The van der Waals surface area contributed by atoms with Crippen molar-refractivity contribution in [2.45, 2.75) is 12.3 Å². The molecule has 0 aliphatic carbocycles. The van der Waals surface area contributed by atoms with Crippen LogP contribution in [0.4, 0.5) is 5.69 Å². The predicted molar refractivity (Wildman–Crippen MR) is 118 cm³/mol. The number of nitro groups is 1. The van der Waals surface area contributed by atoms with Gasteiger partial charge in [0.1, 0.15) is 0 Å². The van der Waals surface area contributed by atoms with Crippen LogP contribution in [0, 0.1) is 10.1 Å². The lowest BCUT2D eigenvalue weighted by atomic mass is 9.87. The molecular weight excluding hydrogens is 396 g/mol. The van der Waals surface area contributed by atoms with E-state index in [4.69, 9.17) is 4.74 Å². The Morgan fingerprint density at radius 2 is 2.00 bits per heavy atom. The topological polar surface area (TPSA) is 100 Å². The Morgan fingerprint density at radius 1 is 1.19 bits per heavy atom. The van der Waals surface area contributed by atoms with Crippen LogP contribution in [0.3, 0.4) is 0 Å². The van der Waals surface area contributed by atoms with Gasteiger partial charge in [0.05, 0.1) is 18.1 Å². The van der Waals surface area contributed by atoms with E-state index in [1.54, 1.807) is 12.1 Å². The van der Waals surface area contributed by atoms with Gasteiger partial charge in [0.2, 0.25) is 5.91 Å². The number of aromatic amines is 1. The van der Waals surface area contributed by atoms with Crippen LogP contribution in [-0.2, 0) is 9.53 Å². The fraction of sp³-hybridized carbons (Fsp3) is 0.348. The highest BCUT2D eigenvalue weighted by Crippen LogP contribution is 2.34. The summed E-state index contributed by atoms with van der Waals surface area (Å²) in [5.41, 5.74) is 2.71. The van der Waals surface area contributed by atoms with Gasteiger partial charge in [0.15, 0.2) is 0 Å². The number of carbonyl (C=O) groups is 1. The van der Waals surface area contributed by atoms with Crippen LogP contribution in [0.1, 0.15) is 23.5 Å². The zero-order chi connectivity index (χ0) is 21.6. The number of amides is 1. The van der Waals surface area contributed by atoms with Crippen molar-refractivity contribution in [1.29, 1.82) is 0 Å². The van der Waals surface area contributed by atoms with E-state index in [0.717, 1.165) is 54.9 Å². The summed E-state index contributed by atoms with van der Waals surface area (Å²) >= 11 is 0. The van der Waals surface area contributed by atoms with Crippen molar-refractivity contribution >= 4 is 22.5 Å². The van der Waals surface area contributed by atoms with Crippen LogP contribution in [0.15, 0.2) is 54.7 Å². The number of H-pyrrole nitrogens is 1. The molecule has 1 aliphatic rings. The highest BCUT2D eigenvalue weighted by Gasteiger charge is 2.23. The molecule has 0 spiro atoms. The van der Waals surface area contributed by atoms with Gasteiger partial charge < -0.3 is 15.0 Å². The molecule has 8 nitrogen and oxygen atoms in total. The molecular formula is C23H26N4O4. The molecule has 4 rings (SSSR count). The lowest BCUT2D eigenvalue weighted by Crippen LogP contribution is -2.41. The molecule has 162 valence electrons. The Labute approximate surface area is 180 Å². The number of carbonyl (C=O) groups excluding carboxylic acids is 1. The Bertz CT molecular complexity index is 1060. The van der Waals surface area contributed by atoms with Gasteiger partial charge >= 0.3 is 0 Å². The van der Waals surface area contributed by atoms with Crippen molar-refractivity contribution in [3.05, 3.63) is 76.0 Å². The molecule has 1 aromatic heterocycles. The lowest BCUT2D eigenvalue weighted by Gasteiger charge is -2.26. The van der Waals surface area contributed by atoms with Crippen molar-refractivity contribution in [2.75, 3.05) is 39.4 Å². The normalized spacial score (nSPS) is 15.6. The van der Waals surface area contributed by atoms with Crippen LogP contribution < -0.4 is 5.32 Å². The number of benzene rings is 2. The number of aromatic nitrogens is 1. The van der Waals surface area contributed by atoms with Gasteiger partial charge in [-0.2, -0.15) is 0 Å². The first-order valence-electron chi connectivity index (χ1n) is 10.5. The second-order valence-electron chi connectivity index (χ2n) is 7.70. The van der Waals surface area contributed by atoms with Gasteiger partial charge in [0.25, 0.3) is 5.69 Å². The molecule has 0 radical (unpaired) electrons. The van der Waals surface area contributed by atoms with Crippen molar-refractivity contribution in [3.8, 4) is 0 Å². The maximum absolute atomic E-state index is 12.8. The highest BCUT2D eigenvalue weighted by atomic mass is 16.6. The van der Waals surface area contributed by atoms with E-state index < -0.39 is 4.92 Å². The molecule has 1 atom stereocenters. The summed E-state index contributed by atoms with van der Waals surface area (Å²) in [5, 5.41) is 15.3. The molecule has 2 heterocycles. The number of morpholine rings is 1. The first-order chi connectivity index (χ1) is 15.1. The number of non-ortho nitro benzene ring substituents is 1. The van der Waals surface area contributed by atoms with Crippen molar-refractivity contribution in [2.24, 2.45) is 0 Å². The van der Waals surface area contributed by atoms with Crippen molar-refractivity contribution < 1.29 is 14.5 Å². The molecule has 0 unspecified atom stereocenters. The molecule has 0 saturated carbocycles. The van der Waals surface area contributed by atoms with Gasteiger partial charge in [-0.3, -0.25) is 19.8 Å². The third-order valence-electron chi connectivity index (χ3n) is 5.72. The van der Waals surface area contributed by atoms with Crippen LogP contribution in [0.5, 0.6) is 0 Å². The summed E-state index contributed by atoms with van der Waals surface area (Å²) in [6.07, 6.45) is 2.11. The van der Waals surface area contributed by atoms with Crippen LogP contribution in [0.2, 0.25) is 0 Å². The van der Waals surface area contributed by atoms with E-state index in [1.807, 2.05) is 36.5 Å². The van der Waals surface area contributed by atoms with Gasteiger partial charge in [-0.05, 0) is 17.2 Å². The molecule has 3 aromatic rings. The second-order valence-corrected chi connectivity index (χ2v) is 7.70. The summed E-state index contributed by atoms with van der Waals surface area (Å²) < 4.78 is 5.35. The third-order valence-corrected chi connectivity index (χ3v) is 5.72. The minimum atomic E-state index is -0.405. The Morgan fingerprint density at radius 3 is 2.81 bits per heavy atom. The maximum atomic E-state index is 12.8. The van der Waals surface area contributed by atoms with E-state index >= 15 is 0 Å². The zero-order valence-electron chi connectivity index (χ0n) is 17.3. The number of nitrogens with zero attached hydrogens (tertiary/aromatic N) is 2. The molecule has 1 fully saturated rings. The summed E-state index contributed by atoms with van der Waals surface area (Å²) in [5.74, 6) is -0.366. The molecule has 0 bridgehead atoms. The average Bonchev–Trinajstić information content (AvgIpc) is 3.22. The van der Waals surface area contributed by atoms with Crippen molar-refractivity contribution in [1.82, 2.24) is 15.2 Å². The number of nitro benzene ring substituents is 1. The molecule has 2 aromatic carbocycles. The van der Waals surface area contributed by atoms with Crippen molar-refractivity contribution in [3.63, 3.8) is 0 Å². The van der Waals surface area contributed by atoms with Gasteiger partial charge in [-0.1, -0.05) is 30.3 Å². The summed E-state index contributed by atoms with van der Waals surface area (Å²) in [7, 11) is 0. The Kier molecular flexibility index (Phi) is 6.59. The Hall–Kier alpha value is -3.23. The number of hydrogen-bond acceptors (Lipinski definition) is 5. The van der Waals surface area contributed by atoms with E-state index in [9.17, 15) is 14.9 Å². The quantitative estimate of drug-likeness (QED) is 0.429. The largest absolute Gasteiger partial charge is 0.379 e. The predicted octanol–water partition coefficient (Wildman–Crippen LogP) is 3.05.